The van der Waals surface area contributed by atoms with Crippen LogP contribution in [-0.2, 0) is 6.54 Å². The van der Waals surface area contributed by atoms with E-state index in [-0.39, 0.29) is 0 Å². The number of ether oxygens (including phenoxy) is 2. The number of hydrogen-bond donors (Lipinski definition) is 1. The Labute approximate surface area is 128 Å². The average molecular weight is 292 g/mol. The summed E-state index contributed by atoms with van der Waals surface area (Å²) in [6, 6.07) is 5.94. The first-order valence-corrected chi connectivity index (χ1v) is 7.70. The van der Waals surface area contributed by atoms with Gasteiger partial charge in [0.1, 0.15) is 11.5 Å². The van der Waals surface area contributed by atoms with Crippen LogP contribution in [-0.4, -0.2) is 45.3 Å². The number of rotatable bonds is 7. The van der Waals surface area contributed by atoms with E-state index >= 15 is 0 Å². The zero-order valence-corrected chi connectivity index (χ0v) is 13.7. The second-order valence-corrected chi connectivity index (χ2v) is 6.11. The molecular formula is C17H28N2O2. The van der Waals surface area contributed by atoms with Crippen LogP contribution in [0, 0.1) is 0 Å². The Morgan fingerprint density at radius 2 is 1.86 bits per heavy atom. The van der Waals surface area contributed by atoms with Crippen molar-refractivity contribution in [1.82, 2.24) is 10.2 Å². The van der Waals surface area contributed by atoms with Gasteiger partial charge < -0.3 is 19.7 Å². The molecule has 1 aromatic carbocycles. The first-order valence-electron chi connectivity index (χ1n) is 7.70. The van der Waals surface area contributed by atoms with Crippen molar-refractivity contribution in [2.75, 3.05) is 34.9 Å². The molecule has 0 aliphatic heterocycles. The van der Waals surface area contributed by atoms with Crippen LogP contribution >= 0.6 is 0 Å². The van der Waals surface area contributed by atoms with E-state index in [1.165, 1.54) is 25.7 Å². The second kappa shape index (κ2) is 7.14. The van der Waals surface area contributed by atoms with Crippen LogP contribution in [0.25, 0.3) is 0 Å². The van der Waals surface area contributed by atoms with Crippen molar-refractivity contribution in [3.8, 4) is 11.5 Å². The van der Waals surface area contributed by atoms with Crippen LogP contribution in [0.1, 0.15) is 31.2 Å². The van der Waals surface area contributed by atoms with E-state index in [9.17, 15) is 0 Å². The summed E-state index contributed by atoms with van der Waals surface area (Å²) in [5.74, 6) is 1.78. The van der Waals surface area contributed by atoms with Crippen LogP contribution in [0.4, 0.5) is 0 Å². The first-order chi connectivity index (χ1) is 10.1. The molecule has 1 saturated carbocycles. The van der Waals surface area contributed by atoms with Gasteiger partial charge in [0, 0.05) is 24.2 Å². The van der Waals surface area contributed by atoms with Gasteiger partial charge in [0.25, 0.3) is 0 Å². The molecule has 0 atom stereocenters. The van der Waals surface area contributed by atoms with Crippen molar-refractivity contribution in [2.45, 2.75) is 37.8 Å². The van der Waals surface area contributed by atoms with Gasteiger partial charge >= 0.3 is 0 Å². The van der Waals surface area contributed by atoms with E-state index < -0.39 is 0 Å². The Morgan fingerprint density at radius 3 is 2.43 bits per heavy atom. The van der Waals surface area contributed by atoms with E-state index in [0.717, 1.165) is 30.2 Å². The highest BCUT2D eigenvalue weighted by Gasteiger charge is 2.35. The molecule has 1 aliphatic carbocycles. The molecule has 4 nitrogen and oxygen atoms in total. The highest BCUT2D eigenvalue weighted by Crippen LogP contribution is 2.33. The SMILES string of the molecule is COc1ccc(OC)c(CNCC2(N(C)C)CCCC2)c1. The average Bonchev–Trinajstić information content (AvgIpc) is 2.97. The number of nitrogens with zero attached hydrogens (tertiary/aromatic N) is 1. The van der Waals surface area contributed by atoms with Crippen molar-refractivity contribution in [2.24, 2.45) is 0 Å². The normalized spacial score (nSPS) is 17.2. The Morgan fingerprint density at radius 1 is 1.14 bits per heavy atom. The molecule has 0 aromatic heterocycles. The van der Waals surface area contributed by atoms with Gasteiger partial charge in [-0.3, -0.25) is 0 Å². The molecule has 21 heavy (non-hydrogen) atoms. The number of methoxy groups -OCH3 is 2. The highest BCUT2D eigenvalue weighted by molar-refractivity contribution is 5.40. The predicted octanol–water partition coefficient (Wildman–Crippen LogP) is 2.67. The molecule has 2 rings (SSSR count). The third kappa shape index (κ3) is 3.69. The van der Waals surface area contributed by atoms with Crippen LogP contribution in [0.3, 0.4) is 0 Å². The lowest BCUT2D eigenvalue weighted by molar-refractivity contribution is 0.153. The van der Waals surface area contributed by atoms with Crippen molar-refractivity contribution in [3.63, 3.8) is 0 Å². The zero-order chi connectivity index (χ0) is 15.3. The number of likely N-dealkylation sites (N-methyl/N-ethyl adjacent to an activating group) is 1. The quantitative estimate of drug-likeness (QED) is 0.838. The van der Waals surface area contributed by atoms with E-state index in [4.69, 9.17) is 9.47 Å². The fourth-order valence-corrected chi connectivity index (χ4v) is 3.27. The van der Waals surface area contributed by atoms with Crippen molar-refractivity contribution in [1.29, 1.82) is 0 Å². The number of hydrogen-bond acceptors (Lipinski definition) is 4. The zero-order valence-electron chi connectivity index (χ0n) is 13.7. The van der Waals surface area contributed by atoms with Crippen molar-refractivity contribution in [3.05, 3.63) is 23.8 Å². The Balaban J connectivity index is 1.99. The van der Waals surface area contributed by atoms with Gasteiger partial charge in [-0.2, -0.15) is 0 Å². The number of nitrogens with one attached hydrogen (secondary N) is 1. The van der Waals surface area contributed by atoms with Crippen LogP contribution < -0.4 is 14.8 Å². The van der Waals surface area contributed by atoms with Gasteiger partial charge in [-0.05, 0) is 45.1 Å². The molecule has 0 saturated heterocycles. The molecule has 1 aliphatic rings. The highest BCUT2D eigenvalue weighted by atomic mass is 16.5. The second-order valence-electron chi connectivity index (χ2n) is 6.11. The van der Waals surface area contributed by atoms with E-state index in [1.54, 1.807) is 14.2 Å². The maximum absolute atomic E-state index is 5.43. The smallest absolute Gasteiger partial charge is 0.123 e. The standard InChI is InChI=1S/C17H28N2O2/c1-19(2)17(9-5-6-10-17)13-18-12-14-11-15(20-3)7-8-16(14)21-4/h7-8,11,18H,5-6,9-10,12-13H2,1-4H3. The lowest BCUT2D eigenvalue weighted by Gasteiger charge is -2.36. The summed E-state index contributed by atoms with van der Waals surface area (Å²) >= 11 is 0. The van der Waals surface area contributed by atoms with Gasteiger partial charge in [-0.25, -0.2) is 0 Å². The minimum absolute atomic E-state index is 0.312. The van der Waals surface area contributed by atoms with Crippen molar-refractivity contribution < 1.29 is 9.47 Å². The molecule has 1 aromatic rings. The van der Waals surface area contributed by atoms with Gasteiger partial charge in [-0.15, -0.1) is 0 Å². The molecule has 0 heterocycles. The molecule has 1 fully saturated rings. The largest absolute Gasteiger partial charge is 0.497 e. The molecule has 0 spiro atoms. The molecular weight excluding hydrogens is 264 g/mol. The minimum atomic E-state index is 0.312. The molecule has 0 bridgehead atoms. The third-order valence-corrected chi connectivity index (χ3v) is 4.74. The lowest BCUT2D eigenvalue weighted by Crippen LogP contribution is -2.49. The van der Waals surface area contributed by atoms with Crippen LogP contribution in [0.2, 0.25) is 0 Å². The molecule has 0 radical (unpaired) electrons. The third-order valence-electron chi connectivity index (χ3n) is 4.74. The maximum Gasteiger partial charge on any atom is 0.123 e. The minimum Gasteiger partial charge on any atom is -0.497 e. The van der Waals surface area contributed by atoms with Gasteiger partial charge in [0.05, 0.1) is 14.2 Å². The topological polar surface area (TPSA) is 33.7 Å². The van der Waals surface area contributed by atoms with Gasteiger partial charge in [0.2, 0.25) is 0 Å². The maximum atomic E-state index is 5.43. The molecule has 1 N–H and O–H groups in total. The Bertz CT molecular complexity index is 454. The van der Waals surface area contributed by atoms with Gasteiger partial charge in [0.15, 0.2) is 0 Å². The Hall–Kier alpha value is -1.26. The summed E-state index contributed by atoms with van der Waals surface area (Å²) in [4.78, 5) is 2.38. The van der Waals surface area contributed by atoms with E-state index in [1.807, 2.05) is 18.2 Å². The summed E-state index contributed by atoms with van der Waals surface area (Å²) in [7, 11) is 7.79. The first kappa shape index (κ1) is 16.1. The van der Waals surface area contributed by atoms with Crippen molar-refractivity contribution >= 4 is 0 Å². The predicted molar refractivity (Wildman–Crippen MR) is 86.1 cm³/mol. The lowest BCUT2D eigenvalue weighted by atomic mass is 9.96. The Kier molecular flexibility index (Phi) is 5.48. The monoisotopic (exact) mass is 292 g/mol. The summed E-state index contributed by atoms with van der Waals surface area (Å²) in [6.07, 6.45) is 5.23. The summed E-state index contributed by atoms with van der Waals surface area (Å²) < 4.78 is 10.7. The van der Waals surface area contributed by atoms with E-state index in [0.29, 0.717) is 5.54 Å². The molecule has 4 heteroatoms. The summed E-state index contributed by atoms with van der Waals surface area (Å²) in [6.45, 7) is 1.82. The molecule has 118 valence electrons. The fraction of sp³-hybridized carbons (Fsp3) is 0.647. The summed E-state index contributed by atoms with van der Waals surface area (Å²) in [5, 5.41) is 3.61. The van der Waals surface area contributed by atoms with Crippen LogP contribution in [0.5, 0.6) is 11.5 Å². The summed E-state index contributed by atoms with van der Waals surface area (Å²) in [5.41, 5.74) is 1.45. The molecule has 0 unspecified atom stereocenters. The van der Waals surface area contributed by atoms with E-state index in [2.05, 4.69) is 24.3 Å². The van der Waals surface area contributed by atoms with Gasteiger partial charge in [-0.1, -0.05) is 12.8 Å². The van der Waals surface area contributed by atoms with Crippen LogP contribution in [0.15, 0.2) is 18.2 Å². The number of benzene rings is 1. The molecule has 0 amide bonds. The fourth-order valence-electron chi connectivity index (χ4n) is 3.27.